The van der Waals surface area contributed by atoms with E-state index < -0.39 is 5.97 Å². The lowest BCUT2D eigenvalue weighted by molar-refractivity contribution is -0.141. The summed E-state index contributed by atoms with van der Waals surface area (Å²) in [7, 11) is 1.64. The molecule has 2 rings (SSSR count). The summed E-state index contributed by atoms with van der Waals surface area (Å²) in [5.74, 6) is -0.352. The summed E-state index contributed by atoms with van der Waals surface area (Å²) in [5, 5.41) is 9.58. The summed E-state index contributed by atoms with van der Waals surface area (Å²) in [6.07, 6.45) is 0. The number of nitrogens with zero attached hydrogens (tertiary/aromatic N) is 1. The summed E-state index contributed by atoms with van der Waals surface area (Å²) in [5.41, 5.74) is 2.09. The molecule has 116 valence electrons. The quantitative estimate of drug-likeness (QED) is 0.930. The predicted molar refractivity (Wildman–Crippen MR) is 82.9 cm³/mol. The van der Waals surface area contributed by atoms with Crippen LogP contribution in [0.15, 0.2) is 18.2 Å². The highest BCUT2D eigenvalue weighted by molar-refractivity contribution is 5.72. The monoisotopic (exact) mass is 291 g/mol. The van der Waals surface area contributed by atoms with Gasteiger partial charge in [-0.15, -0.1) is 0 Å². The van der Waals surface area contributed by atoms with Crippen LogP contribution >= 0.6 is 0 Å². The number of ether oxygens (including phenoxy) is 1. The molecule has 2 atom stereocenters. The molecular formula is C17H25NO3. The van der Waals surface area contributed by atoms with Gasteiger partial charge < -0.3 is 9.84 Å². The van der Waals surface area contributed by atoms with Crippen molar-refractivity contribution in [2.75, 3.05) is 20.2 Å². The maximum Gasteiger partial charge on any atom is 0.308 e. The van der Waals surface area contributed by atoms with E-state index in [1.165, 1.54) is 0 Å². The predicted octanol–water partition coefficient (Wildman–Crippen LogP) is 2.90. The van der Waals surface area contributed by atoms with Crippen molar-refractivity contribution in [3.63, 3.8) is 0 Å². The minimum atomic E-state index is -0.727. The van der Waals surface area contributed by atoms with E-state index in [1.807, 2.05) is 25.1 Å². The van der Waals surface area contributed by atoms with Gasteiger partial charge in [-0.05, 0) is 44.9 Å². The highest BCUT2D eigenvalue weighted by atomic mass is 16.5. The number of methoxy groups -OCH3 is 1. The van der Waals surface area contributed by atoms with Crippen molar-refractivity contribution >= 4 is 5.97 Å². The van der Waals surface area contributed by atoms with Crippen molar-refractivity contribution in [1.82, 2.24) is 4.90 Å². The Kier molecular flexibility index (Phi) is 4.28. The van der Waals surface area contributed by atoms with Gasteiger partial charge in [-0.3, -0.25) is 9.69 Å². The van der Waals surface area contributed by atoms with Gasteiger partial charge in [-0.2, -0.15) is 0 Å². The fraction of sp³-hybridized carbons (Fsp3) is 0.588. The molecule has 1 aliphatic heterocycles. The summed E-state index contributed by atoms with van der Waals surface area (Å²) in [4.78, 5) is 13.9. The Balaban J connectivity index is 2.39. The molecular weight excluding hydrogens is 266 g/mol. The van der Waals surface area contributed by atoms with Crippen LogP contribution in [0.4, 0.5) is 0 Å². The Morgan fingerprint density at radius 2 is 2.00 bits per heavy atom. The number of likely N-dealkylation sites (tertiary alicyclic amines) is 1. The molecule has 4 nitrogen and oxygen atoms in total. The normalized spacial score (nSPS) is 23.3. The van der Waals surface area contributed by atoms with Crippen LogP contribution in [0.1, 0.15) is 37.8 Å². The second kappa shape index (κ2) is 5.68. The number of hydrogen-bond donors (Lipinski definition) is 1. The molecule has 21 heavy (non-hydrogen) atoms. The molecule has 1 aliphatic rings. The average molecular weight is 291 g/mol. The van der Waals surface area contributed by atoms with E-state index >= 15 is 0 Å². The van der Waals surface area contributed by atoms with E-state index in [-0.39, 0.29) is 17.4 Å². The number of carbonyl (C=O) groups is 1. The smallest absolute Gasteiger partial charge is 0.308 e. The molecule has 1 N–H and O–H groups in total. The van der Waals surface area contributed by atoms with Gasteiger partial charge in [0.1, 0.15) is 5.75 Å². The largest absolute Gasteiger partial charge is 0.496 e. The highest BCUT2D eigenvalue weighted by Crippen LogP contribution is 2.40. The van der Waals surface area contributed by atoms with Crippen molar-refractivity contribution in [3.05, 3.63) is 29.3 Å². The number of aliphatic carboxylic acids is 1. The maximum absolute atomic E-state index is 11.7. The van der Waals surface area contributed by atoms with Crippen LogP contribution < -0.4 is 4.74 Å². The van der Waals surface area contributed by atoms with Crippen molar-refractivity contribution in [1.29, 1.82) is 0 Å². The molecule has 0 spiro atoms. The highest BCUT2D eigenvalue weighted by Gasteiger charge is 2.43. The molecule has 4 heteroatoms. The Morgan fingerprint density at radius 3 is 2.52 bits per heavy atom. The number of rotatable bonds is 3. The van der Waals surface area contributed by atoms with Crippen LogP contribution in [0, 0.1) is 12.8 Å². The van der Waals surface area contributed by atoms with Crippen LogP contribution in [-0.2, 0) is 4.79 Å². The first-order valence-electron chi connectivity index (χ1n) is 7.36. The number of hydrogen-bond acceptors (Lipinski definition) is 3. The molecule has 1 aromatic rings. The van der Waals surface area contributed by atoms with E-state index in [0.717, 1.165) is 23.4 Å². The minimum Gasteiger partial charge on any atom is -0.496 e. The Morgan fingerprint density at radius 1 is 1.33 bits per heavy atom. The molecule has 0 aliphatic carbocycles. The first-order valence-corrected chi connectivity index (χ1v) is 7.36. The fourth-order valence-corrected chi connectivity index (χ4v) is 3.04. The lowest BCUT2D eigenvalue weighted by atomic mass is 9.88. The van der Waals surface area contributed by atoms with Gasteiger partial charge in [-0.1, -0.05) is 12.1 Å². The van der Waals surface area contributed by atoms with E-state index in [1.54, 1.807) is 7.11 Å². The zero-order valence-electron chi connectivity index (χ0n) is 13.5. The molecule has 0 amide bonds. The molecule has 1 fully saturated rings. The van der Waals surface area contributed by atoms with Crippen LogP contribution in [-0.4, -0.2) is 41.7 Å². The maximum atomic E-state index is 11.7. The lowest BCUT2D eigenvalue weighted by Crippen LogP contribution is -2.40. The van der Waals surface area contributed by atoms with Crippen molar-refractivity contribution in [3.8, 4) is 5.75 Å². The summed E-state index contributed by atoms with van der Waals surface area (Å²) in [6, 6.07) is 6.02. The summed E-state index contributed by atoms with van der Waals surface area (Å²) < 4.78 is 5.48. The Labute approximate surface area is 126 Å². The van der Waals surface area contributed by atoms with E-state index in [0.29, 0.717) is 6.54 Å². The number of benzene rings is 1. The zero-order valence-corrected chi connectivity index (χ0v) is 13.5. The lowest BCUT2D eigenvalue weighted by Gasteiger charge is -2.31. The zero-order chi connectivity index (χ0) is 15.8. The molecule has 1 saturated heterocycles. The first kappa shape index (κ1) is 15.8. The van der Waals surface area contributed by atoms with E-state index in [2.05, 4.69) is 25.7 Å². The summed E-state index contributed by atoms with van der Waals surface area (Å²) >= 11 is 0. The molecule has 0 unspecified atom stereocenters. The van der Waals surface area contributed by atoms with Gasteiger partial charge in [-0.25, -0.2) is 0 Å². The molecule has 0 saturated carbocycles. The molecule has 0 bridgehead atoms. The van der Waals surface area contributed by atoms with Crippen molar-refractivity contribution < 1.29 is 14.6 Å². The Bertz CT molecular complexity index is 533. The van der Waals surface area contributed by atoms with Crippen LogP contribution in [0.5, 0.6) is 5.75 Å². The molecule has 0 aromatic heterocycles. The first-order chi connectivity index (χ1) is 9.74. The van der Waals surface area contributed by atoms with Gasteiger partial charge in [0.15, 0.2) is 0 Å². The second-order valence-corrected chi connectivity index (χ2v) is 6.87. The third-order valence-corrected chi connectivity index (χ3v) is 4.37. The molecule has 1 heterocycles. The third-order valence-electron chi connectivity index (χ3n) is 4.37. The van der Waals surface area contributed by atoms with Gasteiger partial charge in [0, 0.05) is 24.5 Å². The fourth-order valence-electron chi connectivity index (χ4n) is 3.04. The van der Waals surface area contributed by atoms with Crippen molar-refractivity contribution in [2.24, 2.45) is 5.92 Å². The van der Waals surface area contributed by atoms with Crippen LogP contribution in [0.2, 0.25) is 0 Å². The van der Waals surface area contributed by atoms with Gasteiger partial charge in [0.05, 0.1) is 13.0 Å². The average Bonchev–Trinajstić information content (AvgIpc) is 2.83. The Hall–Kier alpha value is -1.55. The van der Waals surface area contributed by atoms with Gasteiger partial charge in [0.2, 0.25) is 0 Å². The topological polar surface area (TPSA) is 49.8 Å². The SMILES string of the molecule is COc1cc(C)ccc1[C@@H]1CN(C(C)(C)C)C[C@H]1C(=O)O. The van der Waals surface area contributed by atoms with Crippen LogP contribution in [0.3, 0.4) is 0 Å². The second-order valence-electron chi connectivity index (χ2n) is 6.87. The summed E-state index contributed by atoms with van der Waals surface area (Å²) in [6.45, 7) is 9.72. The van der Waals surface area contributed by atoms with Gasteiger partial charge in [0.25, 0.3) is 0 Å². The molecule has 1 aromatic carbocycles. The number of carboxylic acids is 1. The standard InChI is InChI=1S/C17H25NO3/c1-11-6-7-12(15(8-11)21-5)13-9-18(17(2,3)4)10-14(13)16(19)20/h6-8,13-14H,9-10H2,1-5H3,(H,19,20)/t13-,14+/m0/s1. The van der Waals surface area contributed by atoms with E-state index in [9.17, 15) is 9.90 Å². The van der Waals surface area contributed by atoms with Crippen LogP contribution in [0.25, 0.3) is 0 Å². The minimum absolute atomic E-state index is 0.0274. The van der Waals surface area contributed by atoms with Gasteiger partial charge >= 0.3 is 5.97 Å². The third kappa shape index (κ3) is 3.21. The van der Waals surface area contributed by atoms with Crippen molar-refractivity contribution in [2.45, 2.75) is 39.2 Å². The number of aryl methyl sites for hydroxylation is 1. The number of carboxylic acid groups (broad SMARTS) is 1. The van der Waals surface area contributed by atoms with E-state index in [4.69, 9.17) is 4.74 Å². The molecule has 0 radical (unpaired) electrons.